The maximum atomic E-state index is 11.6. The third-order valence-corrected chi connectivity index (χ3v) is 2.47. The summed E-state index contributed by atoms with van der Waals surface area (Å²) in [4.78, 5) is 24.7. The van der Waals surface area contributed by atoms with Gasteiger partial charge in [0.25, 0.3) is 0 Å². The van der Waals surface area contributed by atoms with Gasteiger partial charge in [0, 0.05) is 13.1 Å². The molecule has 0 aromatic carbocycles. The van der Waals surface area contributed by atoms with Gasteiger partial charge in [0.1, 0.15) is 0 Å². The van der Waals surface area contributed by atoms with Crippen molar-refractivity contribution in [3.8, 4) is 0 Å². The number of nitrogens with zero attached hydrogens (tertiary/aromatic N) is 1. The SMILES string of the molecule is CCC[C@H](N)C(=O)NCC(=O)N(CC)CC. The lowest BCUT2D eigenvalue weighted by Crippen LogP contribution is -2.45. The molecule has 3 N–H and O–H groups in total. The summed E-state index contributed by atoms with van der Waals surface area (Å²) in [6.07, 6.45) is 1.50. The smallest absolute Gasteiger partial charge is 0.241 e. The first kappa shape index (κ1) is 14.9. The Morgan fingerprint density at radius 1 is 1.25 bits per heavy atom. The molecule has 0 rings (SSSR count). The second kappa shape index (κ2) is 8.10. The number of likely N-dealkylation sites (N-methyl/N-ethyl adjacent to an activating group) is 1. The first-order valence-corrected chi connectivity index (χ1v) is 5.87. The first-order chi connectivity index (χ1) is 7.56. The van der Waals surface area contributed by atoms with Gasteiger partial charge in [-0.25, -0.2) is 0 Å². The van der Waals surface area contributed by atoms with Gasteiger partial charge < -0.3 is 16.0 Å². The van der Waals surface area contributed by atoms with Crippen molar-refractivity contribution in [2.24, 2.45) is 5.73 Å². The fourth-order valence-corrected chi connectivity index (χ4v) is 1.42. The van der Waals surface area contributed by atoms with Crippen molar-refractivity contribution in [2.75, 3.05) is 19.6 Å². The van der Waals surface area contributed by atoms with Crippen LogP contribution in [0, 0.1) is 0 Å². The fraction of sp³-hybridized carbons (Fsp3) is 0.818. The van der Waals surface area contributed by atoms with Crippen molar-refractivity contribution < 1.29 is 9.59 Å². The zero-order chi connectivity index (χ0) is 12.6. The molecule has 0 aromatic heterocycles. The predicted molar refractivity (Wildman–Crippen MR) is 63.8 cm³/mol. The third kappa shape index (κ3) is 5.11. The molecule has 0 bridgehead atoms. The number of hydrogen-bond acceptors (Lipinski definition) is 3. The fourth-order valence-electron chi connectivity index (χ4n) is 1.42. The van der Waals surface area contributed by atoms with Gasteiger partial charge in [0.05, 0.1) is 12.6 Å². The normalized spacial score (nSPS) is 12.0. The lowest BCUT2D eigenvalue weighted by Gasteiger charge is -2.19. The molecule has 0 unspecified atom stereocenters. The van der Waals surface area contributed by atoms with Crippen LogP contribution in [0.15, 0.2) is 0 Å². The van der Waals surface area contributed by atoms with Crippen LogP contribution in [-0.2, 0) is 9.59 Å². The Balaban J connectivity index is 3.95. The van der Waals surface area contributed by atoms with E-state index in [2.05, 4.69) is 5.32 Å². The number of carbonyl (C=O) groups is 2. The van der Waals surface area contributed by atoms with Crippen LogP contribution in [-0.4, -0.2) is 42.4 Å². The molecule has 1 atom stereocenters. The average Bonchev–Trinajstić information content (AvgIpc) is 2.27. The zero-order valence-electron chi connectivity index (χ0n) is 10.5. The number of amides is 2. The number of nitrogens with one attached hydrogen (secondary N) is 1. The topological polar surface area (TPSA) is 75.4 Å². The molecule has 5 nitrogen and oxygen atoms in total. The van der Waals surface area contributed by atoms with Crippen LogP contribution in [0.5, 0.6) is 0 Å². The van der Waals surface area contributed by atoms with Crippen molar-refractivity contribution in [3.05, 3.63) is 0 Å². The molecular weight excluding hydrogens is 206 g/mol. The van der Waals surface area contributed by atoms with Crippen LogP contribution in [0.4, 0.5) is 0 Å². The molecule has 0 fully saturated rings. The Bertz CT molecular complexity index is 227. The van der Waals surface area contributed by atoms with Gasteiger partial charge in [-0.15, -0.1) is 0 Å². The van der Waals surface area contributed by atoms with Crippen molar-refractivity contribution in [3.63, 3.8) is 0 Å². The molecule has 0 heterocycles. The average molecular weight is 229 g/mol. The minimum atomic E-state index is -0.505. The van der Waals surface area contributed by atoms with Gasteiger partial charge in [-0.1, -0.05) is 13.3 Å². The van der Waals surface area contributed by atoms with Gasteiger partial charge >= 0.3 is 0 Å². The molecule has 0 spiro atoms. The number of nitrogens with two attached hydrogens (primary N) is 1. The molecule has 0 radical (unpaired) electrons. The third-order valence-electron chi connectivity index (χ3n) is 2.47. The highest BCUT2D eigenvalue weighted by molar-refractivity contribution is 5.87. The van der Waals surface area contributed by atoms with Crippen LogP contribution in [0.25, 0.3) is 0 Å². The molecule has 0 aliphatic rings. The highest BCUT2D eigenvalue weighted by Crippen LogP contribution is 1.93. The van der Waals surface area contributed by atoms with E-state index in [1.54, 1.807) is 4.90 Å². The van der Waals surface area contributed by atoms with Crippen molar-refractivity contribution >= 4 is 11.8 Å². The Morgan fingerprint density at radius 2 is 1.81 bits per heavy atom. The maximum absolute atomic E-state index is 11.6. The lowest BCUT2D eigenvalue weighted by molar-refractivity contribution is -0.132. The summed E-state index contributed by atoms with van der Waals surface area (Å²) in [7, 11) is 0. The summed E-state index contributed by atoms with van der Waals surface area (Å²) < 4.78 is 0. The van der Waals surface area contributed by atoms with Crippen LogP contribution < -0.4 is 11.1 Å². The second-order valence-corrected chi connectivity index (χ2v) is 3.68. The van der Waals surface area contributed by atoms with E-state index in [4.69, 9.17) is 5.73 Å². The minimum absolute atomic E-state index is 0.0396. The second-order valence-electron chi connectivity index (χ2n) is 3.68. The molecular formula is C11H23N3O2. The molecule has 0 aromatic rings. The molecule has 16 heavy (non-hydrogen) atoms. The molecule has 0 saturated carbocycles. The van der Waals surface area contributed by atoms with E-state index in [1.807, 2.05) is 20.8 Å². The quantitative estimate of drug-likeness (QED) is 0.650. The van der Waals surface area contributed by atoms with Crippen molar-refractivity contribution in [1.29, 1.82) is 0 Å². The molecule has 94 valence electrons. The van der Waals surface area contributed by atoms with E-state index in [0.29, 0.717) is 19.5 Å². The molecule has 0 aliphatic heterocycles. The molecule has 0 aliphatic carbocycles. The Hall–Kier alpha value is -1.10. The standard InChI is InChI=1S/C11H23N3O2/c1-4-7-9(12)11(16)13-8-10(15)14(5-2)6-3/h9H,4-8,12H2,1-3H3,(H,13,16)/t9-/m0/s1. The number of rotatable bonds is 7. The Morgan fingerprint density at radius 3 is 2.25 bits per heavy atom. The minimum Gasteiger partial charge on any atom is -0.346 e. The molecule has 0 saturated heterocycles. The van der Waals surface area contributed by atoms with Gasteiger partial charge in [0.15, 0.2) is 0 Å². The zero-order valence-corrected chi connectivity index (χ0v) is 10.5. The summed E-state index contributed by atoms with van der Waals surface area (Å²) in [5.74, 6) is -0.315. The van der Waals surface area contributed by atoms with Gasteiger partial charge in [-0.05, 0) is 20.3 Å². The summed E-state index contributed by atoms with van der Waals surface area (Å²) in [6, 6.07) is -0.505. The van der Waals surface area contributed by atoms with Crippen molar-refractivity contribution in [1.82, 2.24) is 10.2 Å². The van der Waals surface area contributed by atoms with Crippen LogP contribution in [0.1, 0.15) is 33.6 Å². The maximum Gasteiger partial charge on any atom is 0.241 e. The van der Waals surface area contributed by atoms with E-state index in [9.17, 15) is 9.59 Å². The van der Waals surface area contributed by atoms with E-state index < -0.39 is 6.04 Å². The Labute approximate surface area is 97.4 Å². The lowest BCUT2D eigenvalue weighted by atomic mass is 10.2. The van der Waals surface area contributed by atoms with E-state index in [0.717, 1.165) is 6.42 Å². The summed E-state index contributed by atoms with van der Waals surface area (Å²) in [6.45, 7) is 7.14. The Kier molecular flexibility index (Phi) is 7.54. The van der Waals surface area contributed by atoms with E-state index >= 15 is 0 Å². The van der Waals surface area contributed by atoms with Crippen LogP contribution in [0.2, 0.25) is 0 Å². The number of hydrogen-bond donors (Lipinski definition) is 2. The van der Waals surface area contributed by atoms with Crippen LogP contribution >= 0.6 is 0 Å². The summed E-state index contributed by atoms with van der Waals surface area (Å²) in [5, 5.41) is 2.56. The van der Waals surface area contributed by atoms with Crippen LogP contribution in [0.3, 0.4) is 0 Å². The van der Waals surface area contributed by atoms with Crippen molar-refractivity contribution in [2.45, 2.75) is 39.7 Å². The van der Waals surface area contributed by atoms with Gasteiger partial charge in [-0.3, -0.25) is 9.59 Å². The van der Waals surface area contributed by atoms with Gasteiger partial charge in [0.2, 0.25) is 11.8 Å². The number of carbonyl (C=O) groups excluding carboxylic acids is 2. The van der Waals surface area contributed by atoms with Gasteiger partial charge in [-0.2, -0.15) is 0 Å². The summed E-state index contributed by atoms with van der Waals surface area (Å²) in [5.41, 5.74) is 5.62. The van der Waals surface area contributed by atoms with E-state index in [-0.39, 0.29) is 18.4 Å². The highest BCUT2D eigenvalue weighted by atomic mass is 16.2. The molecule has 5 heteroatoms. The predicted octanol–water partition coefficient (Wildman–Crippen LogP) is 0.0984. The largest absolute Gasteiger partial charge is 0.346 e. The first-order valence-electron chi connectivity index (χ1n) is 5.87. The summed E-state index contributed by atoms with van der Waals surface area (Å²) >= 11 is 0. The monoisotopic (exact) mass is 229 g/mol. The highest BCUT2D eigenvalue weighted by Gasteiger charge is 2.15. The van der Waals surface area contributed by atoms with E-state index in [1.165, 1.54) is 0 Å². The molecule has 2 amide bonds.